The van der Waals surface area contributed by atoms with Gasteiger partial charge >= 0.3 is 0 Å². The van der Waals surface area contributed by atoms with E-state index in [-0.39, 0.29) is 22.9 Å². The molecule has 30 heavy (non-hydrogen) atoms. The number of hydrogen-bond donors (Lipinski definition) is 1. The predicted octanol–water partition coefficient (Wildman–Crippen LogP) is 4.67. The van der Waals surface area contributed by atoms with Crippen LogP contribution in [0.1, 0.15) is 67.8 Å². The van der Waals surface area contributed by atoms with Crippen molar-refractivity contribution in [2.45, 2.75) is 75.3 Å². The number of nitrogens with one attached hydrogen (secondary N) is 1. The Hall–Kier alpha value is -2.34. The summed E-state index contributed by atoms with van der Waals surface area (Å²) in [4.78, 5) is 13.1. The van der Waals surface area contributed by atoms with E-state index in [2.05, 4.69) is 5.32 Å². The van der Waals surface area contributed by atoms with E-state index in [4.69, 9.17) is 0 Å². The molecule has 1 N–H and O–H groups in total. The zero-order chi connectivity index (χ0) is 21.1. The van der Waals surface area contributed by atoms with Gasteiger partial charge in [0.15, 0.2) is 0 Å². The third kappa shape index (κ3) is 4.24. The van der Waals surface area contributed by atoms with E-state index < -0.39 is 10.0 Å². The summed E-state index contributed by atoms with van der Waals surface area (Å²) in [5.74, 6) is -0.0552. The molecule has 1 heterocycles. The molecule has 2 aromatic rings. The lowest BCUT2D eigenvalue weighted by molar-refractivity contribution is 0.0930. The van der Waals surface area contributed by atoms with Gasteiger partial charge in [-0.25, -0.2) is 8.42 Å². The van der Waals surface area contributed by atoms with Gasteiger partial charge in [-0.3, -0.25) is 9.10 Å². The maximum absolute atomic E-state index is 13.2. The van der Waals surface area contributed by atoms with E-state index in [9.17, 15) is 13.2 Å². The Labute approximate surface area is 179 Å². The SMILES string of the molecule is C[C@@H]1Cc2cc(C(=O)NC3CCCCCCC3)ccc2N1S(=O)(=O)c1ccccc1. The molecule has 0 radical (unpaired) electrons. The van der Waals surface area contributed by atoms with Crippen molar-refractivity contribution in [2.24, 2.45) is 0 Å². The molecule has 2 aromatic carbocycles. The largest absolute Gasteiger partial charge is 0.349 e. The third-order valence-electron chi connectivity index (χ3n) is 6.24. The Morgan fingerprint density at radius 3 is 2.33 bits per heavy atom. The van der Waals surface area contributed by atoms with Gasteiger partial charge in [0, 0.05) is 17.6 Å². The average molecular weight is 427 g/mol. The lowest BCUT2D eigenvalue weighted by Crippen LogP contribution is -2.36. The fourth-order valence-corrected chi connectivity index (χ4v) is 6.40. The number of amides is 1. The molecule has 160 valence electrons. The Morgan fingerprint density at radius 2 is 1.63 bits per heavy atom. The summed E-state index contributed by atoms with van der Waals surface area (Å²) < 4.78 is 27.9. The first-order chi connectivity index (χ1) is 14.5. The summed E-state index contributed by atoms with van der Waals surface area (Å²) >= 11 is 0. The second-order valence-corrected chi connectivity index (χ2v) is 10.3. The Morgan fingerprint density at radius 1 is 0.967 bits per heavy atom. The van der Waals surface area contributed by atoms with Crippen molar-refractivity contribution in [1.82, 2.24) is 5.32 Å². The summed E-state index contributed by atoms with van der Waals surface area (Å²) in [7, 11) is -3.63. The molecule has 1 aliphatic heterocycles. The maximum Gasteiger partial charge on any atom is 0.264 e. The van der Waals surface area contributed by atoms with Crippen LogP contribution in [0, 0.1) is 0 Å². The van der Waals surface area contributed by atoms with Gasteiger partial charge in [-0.15, -0.1) is 0 Å². The first-order valence-corrected chi connectivity index (χ1v) is 12.4. The van der Waals surface area contributed by atoms with Crippen LogP contribution in [0.2, 0.25) is 0 Å². The molecule has 5 nitrogen and oxygen atoms in total. The van der Waals surface area contributed by atoms with Gasteiger partial charge in [0.05, 0.1) is 10.6 Å². The van der Waals surface area contributed by atoms with Gasteiger partial charge in [-0.05, 0) is 62.1 Å². The van der Waals surface area contributed by atoms with Gasteiger partial charge in [0.1, 0.15) is 0 Å². The minimum Gasteiger partial charge on any atom is -0.349 e. The second-order valence-electron chi connectivity index (χ2n) is 8.53. The number of anilines is 1. The lowest BCUT2D eigenvalue weighted by atomic mass is 9.96. The fourth-order valence-electron chi connectivity index (χ4n) is 4.69. The standard InChI is InChI=1S/C24H30N2O3S/c1-18-16-20-17-19(24(27)25-21-10-6-3-2-4-7-11-21)14-15-23(20)26(18)30(28,29)22-12-8-5-9-13-22/h5,8-9,12-15,17-18,21H,2-4,6-7,10-11,16H2,1H3,(H,25,27)/t18-/m1/s1. The molecule has 4 rings (SSSR count). The van der Waals surface area contributed by atoms with Crippen LogP contribution < -0.4 is 9.62 Å². The number of carbonyl (C=O) groups is 1. The van der Waals surface area contributed by atoms with Crippen molar-refractivity contribution < 1.29 is 13.2 Å². The molecule has 0 bridgehead atoms. The van der Waals surface area contributed by atoms with Crippen LogP contribution in [-0.4, -0.2) is 26.4 Å². The molecule has 1 fully saturated rings. The quantitative estimate of drug-likeness (QED) is 0.773. The minimum absolute atomic E-state index is 0.0552. The Bertz CT molecular complexity index is 996. The van der Waals surface area contributed by atoms with E-state index in [1.807, 2.05) is 13.0 Å². The minimum atomic E-state index is -3.63. The van der Waals surface area contributed by atoms with E-state index in [1.165, 1.54) is 36.4 Å². The highest BCUT2D eigenvalue weighted by Gasteiger charge is 2.36. The third-order valence-corrected chi connectivity index (χ3v) is 8.18. The van der Waals surface area contributed by atoms with Crippen LogP contribution in [0.15, 0.2) is 53.4 Å². The van der Waals surface area contributed by atoms with Crippen molar-refractivity contribution in [3.8, 4) is 0 Å². The molecular weight excluding hydrogens is 396 g/mol. The number of hydrogen-bond acceptors (Lipinski definition) is 3. The zero-order valence-electron chi connectivity index (χ0n) is 17.5. The summed E-state index contributed by atoms with van der Waals surface area (Å²) in [5.41, 5.74) is 2.20. The van der Waals surface area contributed by atoms with E-state index >= 15 is 0 Å². The highest BCUT2D eigenvalue weighted by atomic mass is 32.2. The highest BCUT2D eigenvalue weighted by molar-refractivity contribution is 7.92. The van der Waals surface area contributed by atoms with Crippen molar-refractivity contribution in [2.75, 3.05) is 4.31 Å². The van der Waals surface area contributed by atoms with Crippen molar-refractivity contribution in [3.05, 3.63) is 59.7 Å². The molecule has 1 atom stereocenters. The zero-order valence-corrected chi connectivity index (χ0v) is 18.3. The molecule has 2 aliphatic rings. The molecule has 1 saturated carbocycles. The second kappa shape index (κ2) is 8.80. The number of nitrogens with zero attached hydrogens (tertiary/aromatic N) is 1. The van der Waals surface area contributed by atoms with Crippen LogP contribution in [0.3, 0.4) is 0 Å². The van der Waals surface area contributed by atoms with Crippen LogP contribution in [-0.2, 0) is 16.4 Å². The lowest BCUT2D eigenvalue weighted by Gasteiger charge is -2.24. The summed E-state index contributed by atoms with van der Waals surface area (Å²) in [5, 5.41) is 3.20. The predicted molar refractivity (Wildman–Crippen MR) is 119 cm³/mol. The van der Waals surface area contributed by atoms with Gasteiger partial charge in [0.25, 0.3) is 15.9 Å². The van der Waals surface area contributed by atoms with Gasteiger partial charge in [-0.2, -0.15) is 0 Å². The molecule has 0 spiro atoms. The normalized spacial score (nSPS) is 20.3. The van der Waals surface area contributed by atoms with Crippen LogP contribution in [0.5, 0.6) is 0 Å². The number of carbonyl (C=O) groups excluding carboxylic acids is 1. The highest BCUT2D eigenvalue weighted by Crippen LogP contribution is 2.37. The summed E-state index contributed by atoms with van der Waals surface area (Å²) in [6.07, 6.45) is 8.80. The average Bonchev–Trinajstić information content (AvgIpc) is 3.06. The topological polar surface area (TPSA) is 66.5 Å². The molecule has 1 aliphatic carbocycles. The van der Waals surface area contributed by atoms with E-state index in [0.717, 1.165) is 18.4 Å². The summed E-state index contributed by atoms with van der Waals surface area (Å²) in [6, 6.07) is 14.0. The van der Waals surface area contributed by atoms with Crippen molar-refractivity contribution in [3.63, 3.8) is 0 Å². The molecule has 1 amide bonds. The maximum atomic E-state index is 13.2. The Balaban J connectivity index is 1.54. The Kier molecular flexibility index (Phi) is 6.14. The van der Waals surface area contributed by atoms with Gasteiger partial charge < -0.3 is 5.32 Å². The first kappa shape index (κ1) is 20.9. The monoisotopic (exact) mass is 426 g/mol. The molecular formula is C24H30N2O3S. The number of rotatable bonds is 4. The van der Waals surface area contributed by atoms with E-state index in [0.29, 0.717) is 17.7 Å². The molecule has 0 unspecified atom stereocenters. The van der Waals surface area contributed by atoms with Gasteiger partial charge in [0.2, 0.25) is 0 Å². The molecule has 6 heteroatoms. The van der Waals surface area contributed by atoms with Crippen LogP contribution in [0.4, 0.5) is 5.69 Å². The fraction of sp³-hybridized carbons (Fsp3) is 0.458. The number of sulfonamides is 1. The smallest absolute Gasteiger partial charge is 0.264 e. The van der Waals surface area contributed by atoms with Crippen molar-refractivity contribution in [1.29, 1.82) is 0 Å². The number of fused-ring (bicyclic) bond motifs is 1. The van der Waals surface area contributed by atoms with Crippen LogP contribution in [0.25, 0.3) is 0 Å². The summed E-state index contributed by atoms with van der Waals surface area (Å²) in [6.45, 7) is 1.91. The van der Waals surface area contributed by atoms with E-state index in [1.54, 1.807) is 42.5 Å². The first-order valence-electron chi connectivity index (χ1n) is 11.0. The van der Waals surface area contributed by atoms with Crippen molar-refractivity contribution >= 4 is 21.6 Å². The molecule has 0 saturated heterocycles. The van der Waals surface area contributed by atoms with Gasteiger partial charge in [-0.1, -0.05) is 50.3 Å². The number of benzene rings is 2. The van der Waals surface area contributed by atoms with Crippen LogP contribution >= 0.6 is 0 Å². The molecule has 0 aromatic heterocycles.